The number of aromatic amines is 1. The van der Waals surface area contributed by atoms with E-state index in [-0.39, 0.29) is 0 Å². The van der Waals surface area contributed by atoms with Gasteiger partial charge in [0, 0.05) is 22.7 Å². The fourth-order valence-corrected chi connectivity index (χ4v) is 2.55. The van der Waals surface area contributed by atoms with Crippen molar-refractivity contribution in [2.24, 2.45) is 0 Å². The minimum Gasteiger partial charge on any atom is -0.496 e. The summed E-state index contributed by atoms with van der Waals surface area (Å²) in [4.78, 5) is 3.34. The molecule has 0 aliphatic carbocycles. The Morgan fingerprint density at radius 1 is 1.19 bits per heavy atom. The SMILES string of the molecule is COc1ccc2[nH]cc3c2c1CCNCC3. The van der Waals surface area contributed by atoms with Gasteiger partial charge in [-0.25, -0.2) is 0 Å². The third-order valence-corrected chi connectivity index (χ3v) is 3.34. The molecule has 2 N–H and O–H groups in total. The molecule has 2 heterocycles. The maximum absolute atomic E-state index is 5.46. The minimum absolute atomic E-state index is 1.01. The first-order valence-electron chi connectivity index (χ1n) is 5.76. The molecule has 0 spiro atoms. The molecule has 0 bridgehead atoms. The van der Waals surface area contributed by atoms with Crippen molar-refractivity contribution in [2.75, 3.05) is 20.2 Å². The highest BCUT2D eigenvalue weighted by Crippen LogP contribution is 2.31. The summed E-state index contributed by atoms with van der Waals surface area (Å²) in [5.74, 6) is 1.01. The van der Waals surface area contributed by atoms with Crippen LogP contribution >= 0.6 is 0 Å². The molecule has 1 aromatic carbocycles. The number of nitrogens with one attached hydrogen (secondary N) is 2. The van der Waals surface area contributed by atoms with E-state index in [2.05, 4.69) is 28.6 Å². The number of benzene rings is 1. The predicted molar refractivity (Wildman–Crippen MR) is 65.1 cm³/mol. The number of H-pyrrole nitrogens is 1. The molecule has 0 radical (unpaired) electrons. The van der Waals surface area contributed by atoms with Gasteiger partial charge in [0.05, 0.1) is 7.11 Å². The number of ether oxygens (including phenoxy) is 1. The lowest BCUT2D eigenvalue weighted by Crippen LogP contribution is -2.22. The summed E-state index contributed by atoms with van der Waals surface area (Å²) in [6.45, 7) is 2.09. The van der Waals surface area contributed by atoms with Crippen LogP contribution < -0.4 is 10.1 Å². The molecule has 1 aromatic heterocycles. The van der Waals surface area contributed by atoms with E-state index in [0.29, 0.717) is 0 Å². The molecule has 3 nitrogen and oxygen atoms in total. The molecule has 1 aliphatic heterocycles. The lowest BCUT2D eigenvalue weighted by molar-refractivity contribution is 0.410. The van der Waals surface area contributed by atoms with E-state index in [1.54, 1.807) is 7.11 Å². The average molecular weight is 216 g/mol. The molecule has 0 unspecified atom stereocenters. The van der Waals surface area contributed by atoms with E-state index >= 15 is 0 Å². The Bertz CT molecular complexity index is 516. The Morgan fingerprint density at radius 3 is 2.94 bits per heavy atom. The first-order valence-corrected chi connectivity index (χ1v) is 5.76. The van der Waals surface area contributed by atoms with Crippen molar-refractivity contribution in [3.8, 4) is 5.75 Å². The minimum atomic E-state index is 1.01. The van der Waals surface area contributed by atoms with Gasteiger partial charge in [-0.1, -0.05) is 0 Å². The van der Waals surface area contributed by atoms with Gasteiger partial charge in [0.2, 0.25) is 0 Å². The molecule has 16 heavy (non-hydrogen) atoms. The molecule has 2 aromatic rings. The van der Waals surface area contributed by atoms with Gasteiger partial charge in [-0.3, -0.25) is 0 Å². The van der Waals surface area contributed by atoms with Crippen molar-refractivity contribution in [1.29, 1.82) is 0 Å². The Labute approximate surface area is 94.8 Å². The zero-order chi connectivity index (χ0) is 11.0. The quantitative estimate of drug-likeness (QED) is 0.763. The van der Waals surface area contributed by atoms with Crippen molar-refractivity contribution in [3.05, 3.63) is 29.5 Å². The highest BCUT2D eigenvalue weighted by molar-refractivity contribution is 5.89. The van der Waals surface area contributed by atoms with Gasteiger partial charge in [0.25, 0.3) is 0 Å². The first-order chi connectivity index (χ1) is 7.90. The molecule has 0 fully saturated rings. The molecule has 3 heteroatoms. The molecule has 0 saturated heterocycles. The monoisotopic (exact) mass is 216 g/mol. The largest absolute Gasteiger partial charge is 0.496 e. The smallest absolute Gasteiger partial charge is 0.122 e. The molecular weight excluding hydrogens is 200 g/mol. The van der Waals surface area contributed by atoms with E-state index in [1.165, 1.54) is 22.0 Å². The van der Waals surface area contributed by atoms with Crippen LogP contribution in [-0.4, -0.2) is 25.2 Å². The van der Waals surface area contributed by atoms with Crippen molar-refractivity contribution < 1.29 is 4.74 Å². The van der Waals surface area contributed by atoms with Gasteiger partial charge >= 0.3 is 0 Å². The normalized spacial score (nSPS) is 15.8. The van der Waals surface area contributed by atoms with Crippen LogP contribution in [0.2, 0.25) is 0 Å². The topological polar surface area (TPSA) is 37.0 Å². The second-order valence-electron chi connectivity index (χ2n) is 4.23. The zero-order valence-electron chi connectivity index (χ0n) is 9.47. The molecule has 84 valence electrons. The van der Waals surface area contributed by atoms with E-state index in [1.807, 2.05) is 0 Å². The Balaban J connectivity index is 2.29. The summed E-state index contributed by atoms with van der Waals surface area (Å²) in [6.07, 6.45) is 4.24. The summed E-state index contributed by atoms with van der Waals surface area (Å²) in [6, 6.07) is 4.16. The second-order valence-corrected chi connectivity index (χ2v) is 4.23. The fourth-order valence-electron chi connectivity index (χ4n) is 2.55. The Hall–Kier alpha value is -1.48. The predicted octanol–water partition coefficient (Wildman–Crippen LogP) is 1.86. The lowest BCUT2D eigenvalue weighted by Gasteiger charge is -2.15. The van der Waals surface area contributed by atoms with Crippen LogP contribution in [0.1, 0.15) is 11.1 Å². The summed E-state index contributed by atoms with van der Waals surface area (Å²) in [7, 11) is 1.75. The number of rotatable bonds is 1. The van der Waals surface area contributed by atoms with E-state index < -0.39 is 0 Å². The lowest BCUT2D eigenvalue weighted by atomic mass is 9.99. The van der Waals surface area contributed by atoms with Crippen molar-refractivity contribution in [3.63, 3.8) is 0 Å². The zero-order valence-corrected chi connectivity index (χ0v) is 9.47. The Morgan fingerprint density at radius 2 is 2.06 bits per heavy atom. The van der Waals surface area contributed by atoms with E-state index in [0.717, 1.165) is 31.7 Å². The summed E-state index contributed by atoms with van der Waals surface area (Å²) < 4.78 is 5.46. The van der Waals surface area contributed by atoms with Crippen LogP contribution in [0.25, 0.3) is 10.9 Å². The highest BCUT2D eigenvalue weighted by Gasteiger charge is 2.14. The van der Waals surface area contributed by atoms with Crippen LogP contribution in [0.15, 0.2) is 18.3 Å². The molecule has 0 amide bonds. The number of aromatic nitrogens is 1. The summed E-state index contributed by atoms with van der Waals surface area (Å²) in [5.41, 5.74) is 3.97. The summed E-state index contributed by atoms with van der Waals surface area (Å²) >= 11 is 0. The number of hydrogen-bond acceptors (Lipinski definition) is 2. The Kier molecular flexibility index (Phi) is 2.33. The second kappa shape index (κ2) is 3.83. The van der Waals surface area contributed by atoms with Gasteiger partial charge in [-0.05, 0) is 43.6 Å². The van der Waals surface area contributed by atoms with Crippen LogP contribution in [-0.2, 0) is 12.8 Å². The average Bonchev–Trinajstić information content (AvgIpc) is 2.68. The first kappa shape index (κ1) is 9.73. The third kappa shape index (κ3) is 1.39. The molecule has 0 saturated carbocycles. The molecule has 0 atom stereocenters. The van der Waals surface area contributed by atoms with E-state index in [4.69, 9.17) is 4.74 Å². The van der Waals surface area contributed by atoms with Gasteiger partial charge in [-0.2, -0.15) is 0 Å². The molecular formula is C13H16N2O. The third-order valence-electron chi connectivity index (χ3n) is 3.34. The number of hydrogen-bond donors (Lipinski definition) is 2. The van der Waals surface area contributed by atoms with E-state index in [9.17, 15) is 0 Å². The van der Waals surface area contributed by atoms with Crippen LogP contribution in [0.3, 0.4) is 0 Å². The van der Waals surface area contributed by atoms with Crippen LogP contribution in [0.5, 0.6) is 5.75 Å². The molecule has 3 rings (SSSR count). The van der Waals surface area contributed by atoms with Crippen molar-refractivity contribution in [2.45, 2.75) is 12.8 Å². The maximum atomic E-state index is 5.46. The van der Waals surface area contributed by atoms with Gasteiger partial charge in [-0.15, -0.1) is 0 Å². The molecule has 1 aliphatic rings. The van der Waals surface area contributed by atoms with Gasteiger partial charge in [0.1, 0.15) is 5.75 Å². The van der Waals surface area contributed by atoms with Crippen molar-refractivity contribution in [1.82, 2.24) is 10.3 Å². The fraction of sp³-hybridized carbons (Fsp3) is 0.385. The van der Waals surface area contributed by atoms with Gasteiger partial charge < -0.3 is 15.0 Å². The van der Waals surface area contributed by atoms with Crippen LogP contribution in [0, 0.1) is 0 Å². The van der Waals surface area contributed by atoms with Crippen LogP contribution in [0.4, 0.5) is 0 Å². The number of methoxy groups -OCH3 is 1. The maximum Gasteiger partial charge on any atom is 0.122 e. The summed E-state index contributed by atoms with van der Waals surface area (Å²) in [5, 5.41) is 4.82. The highest BCUT2D eigenvalue weighted by atomic mass is 16.5. The standard InChI is InChI=1S/C13H16N2O/c1-16-12-3-2-11-13-9(8-15-11)4-6-14-7-5-10(12)13/h2-3,8,14-15H,4-7H2,1H3. The van der Waals surface area contributed by atoms with Gasteiger partial charge in [0.15, 0.2) is 0 Å². The van der Waals surface area contributed by atoms with Crippen molar-refractivity contribution >= 4 is 10.9 Å².